The van der Waals surface area contributed by atoms with Crippen LogP contribution in [0.15, 0.2) is 24.4 Å². The molecule has 3 rings (SSSR count). The number of halogens is 2. The summed E-state index contributed by atoms with van der Waals surface area (Å²) in [5, 5.41) is 23.2. The summed E-state index contributed by atoms with van der Waals surface area (Å²) in [7, 11) is 0. The molecule has 0 spiro atoms. The van der Waals surface area contributed by atoms with Gasteiger partial charge in [0.2, 0.25) is 5.88 Å². The Hall–Kier alpha value is -2.67. The van der Waals surface area contributed by atoms with Crippen LogP contribution >= 0.6 is 11.6 Å². The molecule has 2 N–H and O–H groups in total. The number of carbonyl (C=O) groups is 1. The lowest BCUT2D eigenvalue weighted by Crippen LogP contribution is -2.03. The molecular formula is C14H9ClFN3O3. The Morgan fingerprint density at radius 1 is 1.36 bits per heavy atom. The molecule has 0 radical (unpaired) electrons. The van der Waals surface area contributed by atoms with Crippen LogP contribution in [0.4, 0.5) is 4.39 Å². The topological polar surface area (TPSA) is 87.7 Å². The van der Waals surface area contributed by atoms with Gasteiger partial charge in [-0.2, -0.15) is 9.61 Å². The van der Waals surface area contributed by atoms with Crippen molar-refractivity contribution in [3.8, 4) is 17.0 Å². The highest BCUT2D eigenvalue weighted by Crippen LogP contribution is 2.36. The fraction of sp³-hybridized carbons (Fsp3) is 0.0714. The Kier molecular flexibility index (Phi) is 3.22. The van der Waals surface area contributed by atoms with Crippen molar-refractivity contribution in [2.45, 2.75) is 6.92 Å². The van der Waals surface area contributed by atoms with Gasteiger partial charge in [0.05, 0.1) is 16.3 Å². The fourth-order valence-corrected chi connectivity index (χ4v) is 2.52. The maximum absolute atomic E-state index is 14.1. The zero-order valence-electron chi connectivity index (χ0n) is 11.2. The molecular weight excluding hydrogens is 313 g/mol. The number of aromatic hydroxyl groups is 1. The van der Waals surface area contributed by atoms with Crippen molar-refractivity contribution in [2.75, 3.05) is 0 Å². The van der Waals surface area contributed by atoms with Gasteiger partial charge in [-0.1, -0.05) is 17.7 Å². The maximum atomic E-state index is 14.1. The zero-order chi connectivity index (χ0) is 16.0. The standard InChI is InChI=1S/C14H9ClFN3O3/c1-6-10(11-8(15)3-2-4-9(11)16)12-17-5-7(14(21)22)13(20)19(12)18-6/h2-5,20H,1H3,(H,21,22). The predicted octanol–water partition coefficient (Wildman–Crippen LogP) is 2.90. The first-order chi connectivity index (χ1) is 10.4. The van der Waals surface area contributed by atoms with Crippen LogP contribution in [0.3, 0.4) is 0 Å². The smallest absolute Gasteiger partial charge is 0.342 e. The molecule has 6 nitrogen and oxygen atoms in total. The van der Waals surface area contributed by atoms with Gasteiger partial charge in [-0.25, -0.2) is 14.2 Å². The van der Waals surface area contributed by atoms with Gasteiger partial charge >= 0.3 is 5.97 Å². The largest absolute Gasteiger partial charge is 0.493 e. The summed E-state index contributed by atoms with van der Waals surface area (Å²) in [6.07, 6.45) is 0.992. The summed E-state index contributed by atoms with van der Waals surface area (Å²) in [5.74, 6) is -2.49. The number of rotatable bonds is 2. The molecule has 112 valence electrons. The van der Waals surface area contributed by atoms with Crippen molar-refractivity contribution >= 4 is 23.2 Å². The molecule has 8 heteroatoms. The monoisotopic (exact) mass is 321 g/mol. The number of benzene rings is 1. The van der Waals surface area contributed by atoms with Gasteiger partial charge in [-0.3, -0.25) is 0 Å². The molecule has 0 aliphatic heterocycles. The molecule has 0 saturated heterocycles. The van der Waals surface area contributed by atoms with Gasteiger partial charge in [0.15, 0.2) is 5.65 Å². The van der Waals surface area contributed by atoms with Crippen LogP contribution in [0.2, 0.25) is 5.02 Å². The molecule has 0 bridgehead atoms. The van der Waals surface area contributed by atoms with E-state index < -0.39 is 23.2 Å². The summed E-state index contributed by atoms with van der Waals surface area (Å²) in [6, 6.07) is 4.24. The Balaban J connectivity index is 2.40. The van der Waals surface area contributed by atoms with E-state index in [0.29, 0.717) is 11.3 Å². The molecule has 0 aliphatic carbocycles. The lowest BCUT2D eigenvalue weighted by atomic mass is 10.1. The van der Waals surface area contributed by atoms with Crippen LogP contribution < -0.4 is 0 Å². The third-order valence-electron chi connectivity index (χ3n) is 3.24. The first-order valence-corrected chi connectivity index (χ1v) is 6.54. The average molecular weight is 322 g/mol. The number of aromatic nitrogens is 3. The van der Waals surface area contributed by atoms with E-state index in [1.54, 1.807) is 6.92 Å². The van der Waals surface area contributed by atoms with E-state index in [1.165, 1.54) is 18.2 Å². The van der Waals surface area contributed by atoms with Crippen molar-refractivity contribution < 1.29 is 19.4 Å². The molecule has 2 aromatic heterocycles. The van der Waals surface area contributed by atoms with Crippen LogP contribution in [-0.2, 0) is 0 Å². The minimum Gasteiger partial charge on any atom is -0.493 e. The highest BCUT2D eigenvalue weighted by atomic mass is 35.5. The molecule has 0 saturated carbocycles. The molecule has 0 fully saturated rings. The van der Waals surface area contributed by atoms with E-state index in [1.807, 2.05) is 0 Å². The van der Waals surface area contributed by atoms with E-state index in [2.05, 4.69) is 10.1 Å². The average Bonchev–Trinajstić information content (AvgIpc) is 2.77. The molecule has 3 aromatic rings. The van der Waals surface area contributed by atoms with Crippen LogP contribution in [-0.4, -0.2) is 30.8 Å². The minimum absolute atomic E-state index is 0.103. The number of nitrogens with zero attached hydrogens (tertiary/aromatic N) is 3. The minimum atomic E-state index is -1.34. The van der Waals surface area contributed by atoms with Crippen LogP contribution in [0.1, 0.15) is 16.1 Å². The Morgan fingerprint density at radius 3 is 2.73 bits per heavy atom. The second kappa shape index (κ2) is 4.96. The first kappa shape index (κ1) is 14.3. The SMILES string of the molecule is Cc1nn2c(O)c(C(=O)O)cnc2c1-c1c(F)cccc1Cl. The van der Waals surface area contributed by atoms with E-state index in [9.17, 15) is 14.3 Å². The van der Waals surface area contributed by atoms with Crippen LogP contribution in [0.25, 0.3) is 16.8 Å². The van der Waals surface area contributed by atoms with Crippen LogP contribution in [0, 0.1) is 12.7 Å². The molecule has 1 aromatic carbocycles. The summed E-state index contributed by atoms with van der Waals surface area (Å²) < 4.78 is 15.1. The number of hydrogen-bond acceptors (Lipinski definition) is 4. The quantitative estimate of drug-likeness (QED) is 0.757. The Labute approximate surface area is 128 Å². The van der Waals surface area contributed by atoms with Crippen molar-refractivity contribution in [3.63, 3.8) is 0 Å². The molecule has 0 atom stereocenters. The Morgan fingerprint density at radius 2 is 2.09 bits per heavy atom. The number of carboxylic acids is 1. The summed E-state index contributed by atoms with van der Waals surface area (Å²) in [4.78, 5) is 15.0. The Bertz CT molecular complexity index is 903. The van der Waals surface area contributed by atoms with E-state index in [4.69, 9.17) is 16.7 Å². The molecule has 2 heterocycles. The molecule has 22 heavy (non-hydrogen) atoms. The predicted molar refractivity (Wildman–Crippen MR) is 76.8 cm³/mol. The number of aryl methyl sites for hydroxylation is 1. The van der Waals surface area contributed by atoms with Gasteiger partial charge < -0.3 is 10.2 Å². The lowest BCUT2D eigenvalue weighted by molar-refractivity contribution is 0.0692. The number of aromatic carboxylic acids is 1. The third-order valence-corrected chi connectivity index (χ3v) is 3.55. The summed E-state index contributed by atoms with van der Waals surface area (Å²) >= 11 is 6.05. The van der Waals surface area contributed by atoms with Crippen LogP contribution in [0.5, 0.6) is 5.88 Å². The fourth-order valence-electron chi connectivity index (χ4n) is 2.26. The molecule has 0 amide bonds. The van der Waals surface area contributed by atoms with E-state index in [-0.39, 0.29) is 16.2 Å². The second-order valence-corrected chi connectivity index (χ2v) is 5.00. The second-order valence-electron chi connectivity index (χ2n) is 4.59. The highest BCUT2D eigenvalue weighted by molar-refractivity contribution is 6.33. The molecule has 0 unspecified atom stereocenters. The summed E-state index contributed by atoms with van der Waals surface area (Å²) in [5.41, 5.74) is 0.479. The zero-order valence-corrected chi connectivity index (χ0v) is 12.0. The van der Waals surface area contributed by atoms with Crippen molar-refractivity contribution in [1.82, 2.24) is 14.6 Å². The summed E-state index contributed by atoms with van der Waals surface area (Å²) in [6.45, 7) is 1.59. The van der Waals surface area contributed by atoms with Gasteiger partial charge in [0, 0.05) is 11.8 Å². The highest BCUT2D eigenvalue weighted by Gasteiger charge is 2.23. The van der Waals surface area contributed by atoms with Gasteiger partial charge in [0.1, 0.15) is 11.4 Å². The lowest BCUT2D eigenvalue weighted by Gasteiger charge is -2.06. The van der Waals surface area contributed by atoms with E-state index in [0.717, 1.165) is 10.7 Å². The molecule has 0 aliphatic rings. The maximum Gasteiger partial charge on any atom is 0.342 e. The van der Waals surface area contributed by atoms with Gasteiger partial charge in [0.25, 0.3) is 0 Å². The number of carboxylic acid groups (broad SMARTS) is 1. The third kappa shape index (κ3) is 1.98. The van der Waals surface area contributed by atoms with E-state index >= 15 is 0 Å². The van der Waals surface area contributed by atoms with Crippen molar-refractivity contribution in [2.24, 2.45) is 0 Å². The number of hydrogen-bond donors (Lipinski definition) is 2. The number of fused-ring (bicyclic) bond motifs is 1. The van der Waals surface area contributed by atoms with Gasteiger partial charge in [-0.15, -0.1) is 0 Å². The van der Waals surface area contributed by atoms with Crippen molar-refractivity contribution in [1.29, 1.82) is 0 Å². The van der Waals surface area contributed by atoms with Gasteiger partial charge in [-0.05, 0) is 19.1 Å². The normalized spacial score (nSPS) is 11.0. The van der Waals surface area contributed by atoms with Crippen molar-refractivity contribution in [3.05, 3.63) is 46.5 Å². The first-order valence-electron chi connectivity index (χ1n) is 6.16.